The fourth-order valence-electron chi connectivity index (χ4n) is 3.55. The molecule has 1 rings (SSSR count). The van der Waals surface area contributed by atoms with Crippen molar-refractivity contribution in [1.29, 1.82) is 0 Å². The molecule has 0 aromatic rings. The second-order valence-corrected chi connectivity index (χ2v) is 28.5. The lowest BCUT2D eigenvalue weighted by atomic mass is 10.0. The average Bonchev–Trinajstić information content (AvgIpc) is 2.45. The highest BCUT2D eigenvalue weighted by atomic mass is 127. The predicted molar refractivity (Wildman–Crippen MR) is 133 cm³/mol. The summed E-state index contributed by atoms with van der Waals surface area (Å²) < 4.78 is 7.92. The number of halogens is 1. The molecule has 0 saturated carbocycles. The largest absolute Gasteiger partial charge is 0.390 e. The Balaban J connectivity index is 3.16. The Bertz CT molecular complexity index is 539. The number of aliphatic hydroxyl groups excluding tert-OH is 1. The van der Waals surface area contributed by atoms with E-state index in [1.807, 2.05) is 0 Å². The highest BCUT2D eigenvalue weighted by Gasteiger charge is 2.50. The van der Waals surface area contributed by atoms with Gasteiger partial charge in [0.25, 0.3) is 0 Å². The van der Waals surface area contributed by atoms with Gasteiger partial charge in [-0.1, -0.05) is 98.9 Å². The monoisotopic (exact) mass is 524 g/mol. The van der Waals surface area contributed by atoms with E-state index in [4.69, 9.17) is 4.74 Å². The van der Waals surface area contributed by atoms with Crippen LogP contribution in [0.2, 0.25) is 58.9 Å². The summed E-state index contributed by atoms with van der Waals surface area (Å²) in [6, 6.07) is 0. The summed E-state index contributed by atoms with van der Waals surface area (Å²) in [7, 11) is -4.31. The van der Waals surface area contributed by atoms with Crippen LogP contribution < -0.4 is 0 Å². The van der Waals surface area contributed by atoms with Crippen molar-refractivity contribution >= 4 is 46.8 Å². The van der Waals surface area contributed by atoms with Crippen molar-refractivity contribution in [2.24, 2.45) is 0 Å². The van der Waals surface area contributed by atoms with Gasteiger partial charge in [-0.25, -0.2) is 0 Å². The summed E-state index contributed by atoms with van der Waals surface area (Å²) in [6.45, 7) is 22.4. The molecule has 2 nitrogen and oxygen atoms in total. The maximum Gasteiger partial charge on any atom is 0.0865 e. The Kier molecular flexibility index (Phi) is 8.66. The molecule has 0 unspecified atom stereocenters. The molecule has 1 heterocycles. The van der Waals surface area contributed by atoms with Gasteiger partial charge in [0.1, 0.15) is 0 Å². The minimum absolute atomic E-state index is 0.320. The first-order chi connectivity index (χ1) is 11.6. The number of hydrogen-bond acceptors (Lipinski definition) is 2. The highest BCUT2D eigenvalue weighted by Crippen LogP contribution is 2.38. The number of rotatable bonds is 7. The third-order valence-electron chi connectivity index (χ3n) is 5.62. The maximum atomic E-state index is 10.9. The van der Waals surface area contributed by atoms with Crippen LogP contribution in [0.25, 0.3) is 0 Å². The fraction of sp³-hybridized carbons (Fsp3) is 0.800. The molecule has 1 fully saturated rings. The first-order valence-corrected chi connectivity index (χ1v) is 21.6. The van der Waals surface area contributed by atoms with Crippen LogP contribution in [0.5, 0.6) is 0 Å². The van der Waals surface area contributed by atoms with E-state index in [9.17, 15) is 5.11 Å². The minimum atomic E-state index is -1.68. The lowest BCUT2D eigenvalue weighted by molar-refractivity contribution is -0.108. The van der Waals surface area contributed by atoms with Crippen LogP contribution in [0.15, 0.2) is 20.6 Å². The number of hydrogen-bond donors (Lipinski definition) is 1. The van der Waals surface area contributed by atoms with Crippen LogP contribution in [-0.4, -0.2) is 47.3 Å². The van der Waals surface area contributed by atoms with Gasteiger partial charge in [-0.05, 0) is 28.9 Å². The normalized spacial score (nSPS) is 27.0. The third-order valence-corrected chi connectivity index (χ3v) is 18.1. The van der Waals surface area contributed by atoms with Gasteiger partial charge in [-0.2, -0.15) is 0 Å². The van der Waals surface area contributed by atoms with Gasteiger partial charge >= 0.3 is 0 Å². The van der Waals surface area contributed by atoms with Gasteiger partial charge in [0.2, 0.25) is 0 Å². The first kappa shape index (κ1) is 24.8. The van der Waals surface area contributed by atoms with Crippen molar-refractivity contribution in [1.82, 2.24) is 0 Å². The Hall–Kier alpha value is 0.781. The smallest absolute Gasteiger partial charge is 0.0865 e. The van der Waals surface area contributed by atoms with Crippen LogP contribution >= 0.6 is 22.6 Å². The molecule has 0 aliphatic carbocycles. The lowest BCUT2D eigenvalue weighted by Gasteiger charge is -2.49. The number of allylic oxidation sites excluding steroid dienone is 2. The van der Waals surface area contributed by atoms with Crippen LogP contribution in [0.3, 0.4) is 0 Å². The van der Waals surface area contributed by atoms with Gasteiger partial charge in [0.05, 0.1) is 35.5 Å². The van der Waals surface area contributed by atoms with Gasteiger partial charge in [0, 0.05) is 6.61 Å². The SMILES string of the molecule is C[Si](C)(C)/C(=C\C[C@]1([Si](C)(C)C)OCCC[C@H]1O)C/C=C(/I)[Si](C)(C)C. The molecule has 1 saturated heterocycles. The first-order valence-electron chi connectivity index (χ1n) is 9.99. The molecule has 0 spiro atoms. The summed E-state index contributed by atoms with van der Waals surface area (Å²) in [6.07, 6.45) is 8.42. The van der Waals surface area contributed by atoms with E-state index in [1.54, 1.807) is 8.40 Å². The summed E-state index contributed by atoms with van der Waals surface area (Å²) in [5.41, 5.74) is 0. The second-order valence-electron chi connectivity index (χ2n) is 10.8. The van der Waals surface area contributed by atoms with E-state index >= 15 is 0 Å². The molecule has 26 heavy (non-hydrogen) atoms. The van der Waals surface area contributed by atoms with Gasteiger partial charge < -0.3 is 9.84 Å². The summed E-state index contributed by atoms with van der Waals surface area (Å²) in [4.78, 5) is 0. The Morgan fingerprint density at radius 1 is 1.04 bits per heavy atom. The van der Waals surface area contributed by atoms with Crippen LogP contribution in [0, 0.1) is 0 Å². The van der Waals surface area contributed by atoms with Crippen LogP contribution in [0.1, 0.15) is 25.7 Å². The molecule has 0 aromatic carbocycles. The maximum absolute atomic E-state index is 10.9. The highest BCUT2D eigenvalue weighted by molar-refractivity contribution is 14.1. The number of ether oxygens (including phenoxy) is 1. The van der Waals surface area contributed by atoms with Crippen molar-refractivity contribution < 1.29 is 9.84 Å². The van der Waals surface area contributed by atoms with Gasteiger partial charge in [-0.15, -0.1) is 0 Å². The van der Waals surface area contributed by atoms with Crippen LogP contribution in [-0.2, 0) is 4.74 Å². The number of aliphatic hydroxyl groups is 1. The van der Waals surface area contributed by atoms with Gasteiger partial charge in [0.15, 0.2) is 0 Å². The molecule has 1 aliphatic rings. The standard InChI is InChI=1S/C20H41IO2Si3/c1-24(2,3)17(12-13-19(21)25(4,5)6)14-15-20(26(7,8)9)18(22)11-10-16-23-20/h13-14,18,22H,10-12,15-16H2,1-9H3/b17-14-,19-13-/t18-,20-/m1/s1. The molecular formula is C20H41IO2Si3. The summed E-state index contributed by atoms with van der Waals surface area (Å²) in [5.74, 6) is 0. The molecule has 1 aliphatic heterocycles. The van der Waals surface area contributed by atoms with Crippen molar-refractivity contribution in [3.63, 3.8) is 0 Å². The third kappa shape index (κ3) is 6.40. The zero-order valence-corrected chi connectivity index (χ0v) is 23.7. The molecule has 6 heteroatoms. The van der Waals surface area contributed by atoms with Crippen molar-refractivity contribution in [2.45, 2.75) is 95.9 Å². The van der Waals surface area contributed by atoms with Gasteiger partial charge in [-0.3, -0.25) is 0 Å². The molecule has 0 radical (unpaired) electrons. The molecule has 0 aromatic heterocycles. The van der Waals surface area contributed by atoms with Crippen molar-refractivity contribution in [3.05, 3.63) is 20.6 Å². The van der Waals surface area contributed by atoms with Crippen molar-refractivity contribution in [2.75, 3.05) is 6.61 Å². The van der Waals surface area contributed by atoms with E-state index in [0.717, 1.165) is 32.3 Å². The zero-order valence-electron chi connectivity index (χ0n) is 18.5. The van der Waals surface area contributed by atoms with Crippen molar-refractivity contribution in [3.8, 4) is 0 Å². The molecule has 0 bridgehead atoms. The predicted octanol–water partition coefficient (Wildman–Crippen LogP) is 6.55. The summed E-state index contributed by atoms with van der Waals surface area (Å²) >= 11 is 2.55. The van der Waals surface area contributed by atoms with E-state index < -0.39 is 24.2 Å². The molecule has 2 atom stereocenters. The Morgan fingerprint density at radius 2 is 1.62 bits per heavy atom. The molecule has 152 valence electrons. The van der Waals surface area contributed by atoms with E-state index in [2.05, 4.69) is 93.7 Å². The molecule has 1 N–H and O–H groups in total. The molecular weight excluding hydrogens is 483 g/mol. The van der Waals surface area contributed by atoms with E-state index in [1.165, 1.54) is 0 Å². The Labute approximate surface area is 179 Å². The molecule has 0 amide bonds. The van der Waals surface area contributed by atoms with E-state index in [0.29, 0.717) is 0 Å². The quantitative estimate of drug-likeness (QED) is 0.302. The zero-order chi connectivity index (χ0) is 20.4. The van der Waals surface area contributed by atoms with Crippen LogP contribution in [0.4, 0.5) is 0 Å². The summed E-state index contributed by atoms with van der Waals surface area (Å²) in [5, 5.41) is 12.2. The fourth-order valence-corrected chi connectivity index (χ4v) is 8.31. The topological polar surface area (TPSA) is 29.5 Å². The Morgan fingerprint density at radius 3 is 2.04 bits per heavy atom. The van der Waals surface area contributed by atoms with E-state index in [-0.39, 0.29) is 11.3 Å². The second kappa shape index (κ2) is 9.07. The minimum Gasteiger partial charge on any atom is -0.390 e. The average molecular weight is 525 g/mol. The lowest BCUT2D eigenvalue weighted by Crippen LogP contribution is -2.63.